The van der Waals surface area contributed by atoms with Crippen LogP contribution in [-0.2, 0) is 10.3 Å². The van der Waals surface area contributed by atoms with Crippen molar-refractivity contribution < 1.29 is 4.79 Å². The van der Waals surface area contributed by atoms with Gasteiger partial charge >= 0.3 is 0 Å². The Hall–Kier alpha value is -0.810. The van der Waals surface area contributed by atoms with Gasteiger partial charge in [-0.1, -0.05) is 0 Å². The fourth-order valence-corrected chi connectivity index (χ4v) is 2.02. The smallest absolute Gasteiger partial charge is 0.160 e. The highest BCUT2D eigenvalue weighted by atomic mass is 32.1. The second kappa shape index (κ2) is 2.60. The van der Waals surface area contributed by atoms with Crippen molar-refractivity contribution in [1.29, 1.82) is 0 Å². The molecule has 0 spiro atoms. The van der Waals surface area contributed by atoms with Crippen LogP contribution in [0.25, 0.3) is 0 Å². The van der Waals surface area contributed by atoms with Gasteiger partial charge in [-0.15, -0.1) is 0 Å². The molecule has 1 aliphatic heterocycles. The first kappa shape index (κ1) is 7.82. The Kier molecular flexibility index (Phi) is 1.69. The average Bonchev–Trinajstić information content (AvgIpc) is 2.62. The van der Waals surface area contributed by atoms with E-state index in [0.717, 1.165) is 11.6 Å². The molecule has 2 rings (SSSR count). The van der Waals surface area contributed by atoms with Crippen molar-refractivity contribution in [2.24, 2.45) is 0 Å². The zero-order valence-electron chi connectivity index (χ0n) is 6.70. The predicted molar refractivity (Wildman–Crippen MR) is 44.9 cm³/mol. The van der Waals surface area contributed by atoms with Gasteiger partial charge in [0.15, 0.2) is 5.78 Å². The summed E-state index contributed by atoms with van der Waals surface area (Å²) in [5.74, 6) is 0.208. The fourth-order valence-electron chi connectivity index (χ4n) is 1.36. The third kappa shape index (κ3) is 0.971. The van der Waals surface area contributed by atoms with Crippen molar-refractivity contribution in [3.05, 3.63) is 11.3 Å². The van der Waals surface area contributed by atoms with E-state index >= 15 is 0 Å². The number of ketones is 1. The van der Waals surface area contributed by atoms with Gasteiger partial charge in [-0.25, -0.2) is 4.98 Å². The van der Waals surface area contributed by atoms with Crippen LogP contribution in [0.5, 0.6) is 0 Å². The molecule has 2 heterocycles. The fraction of sp³-hybridized carbons (Fsp3) is 0.571. The molecule has 64 valence electrons. The maximum atomic E-state index is 11.5. The van der Waals surface area contributed by atoms with E-state index in [0.29, 0.717) is 6.42 Å². The first-order valence-corrected chi connectivity index (χ1v) is 4.56. The molecule has 1 unspecified atom stereocenters. The van der Waals surface area contributed by atoms with Crippen molar-refractivity contribution in [3.8, 4) is 0 Å². The molecule has 1 aliphatic rings. The molecule has 1 aromatic rings. The summed E-state index contributed by atoms with van der Waals surface area (Å²) in [5.41, 5.74) is -0.568. The van der Waals surface area contributed by atoms with Gasteiger partial charge in [0, 0.05) is 13.0 Å². The zero-order chi connectivity index (χ0) is 8.60. The number of carbonyl (C=O) groups is 1. The largest absolute Gasteiger partial charge is 0.299 e. The first-order valence-electron chi connectivity index (χ1n) is 3.79. The van der Waals surface area contributed by atoms with E-state index in [9.17, 15) is 4.79 Å². The Morgan fingerprint density at radius 3 is 3.08 bits per heavy atom. The lowest BCUT2D eigenvalue weighted by atomic mass is 10.0. The summed E-state index contributed by atoms with van der Waals surface area (Å²) < 4.78 is 3.88. The quantitative estimate of drug-likeness (QED) is 0.681. The van der Waals surface area contributed by atoms with Gasteiger partial charge in [0.2, 0.25) is 0 Å². The van der Waals surface area contributed by atoms with Crippen LogP contribution in [0.3, 0.4) is 0 Å². The van der Waals surface area contributed by atoms with E-state index in [-0.39, 0.29) is 5.78 Å². The van der Waals surface area contributed by atoms with Crippen molar-refractivity contribution in [2.45, 2.75) is 18.9 Å². The summed E-state index contributed by atoms with van der Waals surface area (Å²) in [4.78, 5) is 15.5. The maximum absolute atomic E-state index is 11.5. The van der Waals surface area contributed by atoms with Crippen LogP contribution >= 0.6 is 11.5 Å². The number of Topliss-reactive ketones (excluding diaryl/α,β-unsaturated/α-hetero) is 1. The van der Waals surface area contributed by atoms with Crippen molar-refractivity contribution in [3.63, 3.8) is 0 Å². The molecule has 1 atom stereocenters. The molecular weight excluding hydrogens is 174 g/mol. The highest BCUT2D eigenvalue weighted by Gasteiger charge is 2.41. The van der Waals surface area contributed by atoms with Crippen LogP contribution in [0.4, 0.5) is 0 Å². The minimum atomic E-state index is -0.568. The van der Waals surface area contributed by atoms with Crippen molar-refractivity contribution in [1.82, 2.24) is 14.7 Å². The van der Waals surface area contributed by atoms with E-state index in [4.69, 9.17) is 0 Å². The summed E-state index contributed by atoms with van der Waals surface area (Å²) >= 11 is 1.28. The molecule has 0 amide bonds. The van der Waals surface area contributed by atoms with E-state index in [1.807, 2.05) is 6.92 Å². The third-order valence-electron chi connectivity index (χ3n) is 2.18. The Bertz CT molecular complexity index is 298. The maximum Gasteiger partial charge on any atom is 0.160 e. The van der Waals surface area contributed by atoms with Crippen LogP contribution in [0.1, 0.15) is 18.4 Å². The SMILES string of the molecule is CC1(c2ncns2)NCCC1=O. The Morgan fingerprint density at radius 2 is 2.58 bits per heavy atom. The molecule has 0 aromatic carbocycles. The second-order valence-corrected chi connectivity index (χ2v) is 3.75. The van der Waals surface area contributed by atoms with E-state index < -0.39 is 5.54 Å². The Morgan fingerprint density at radius 1 is 1.75 bits per heavy atom. The Labute approximate surface area is 74.2 Å². The lowest BCUT2D eigenvalue weighted by Gasteiger charge is -2.18. The van der Waals surface area contributed by atoms with E-state index in [2.05, 4.69) is 14.7 Å². The average molecular weight is 183 g/mol. The summed E-state index contributed by atoms with van der Waals surface area (Å²) in [6.45, 7) is 2.61. The molecule has 0 bridgehead atoms. The zero-order valence-corrected chi connectivity index (χ0v) is 7.52. The van der Waals surface area contributed by atoms with Crippen LogP contribution in [0.15, 0.2) is 6.33 Å². The summed E-state index contributed by atoms with van der Waals surface area (Å²) in [6.07, 6.45) is 2.08. The highest BCUT2D eigenvalue weighted by Crippen LogP contribution is 2.27. The van der Waals surface area contributed by atoms with Gasteiger partial charge < -0.3 is 0 Å². The van der Waals surface area contributed by atoms with Gasteiger partial charge in [0.05, 0.1) is 0 Å². The third-order valence-corrected chi connectivity index (χ3v) is 3.06. The molecule has 5 heteroatoms. The molecule has 4 nitrogen and oxygen atoms in total. The molecule has 12 heavy (non-hydrogen) atoms. The van der Waals surface area contributed by atoms with Gasteiger partial charge in [0.1, 0.15) is 16.9 Å². The van der Waals surface area contributed by atoms with Crippen LogP contribution in [0.2, 0.25) is 0 Å². The van der Waals surface area contributed by atoms with E-state index in [1.54, 1.807) is 0 Å². The number of nitrogens with zero attached hydrogens (tertiary/aromatic N) is 2. The normalized spacial score (nSPS) is 29.6. The summed E-state index contributed by atoms with van der Waals surface area (Å²) in [6, 6.07) is 0. The molecule has 0 radical (unpaired) electrons. The number of aromatic nitrogens is 2. The molecule has 1 aromatic heterocycles. The van der Waals surface area contributed by atoms with Crippen molar-refractivity contribution >= 4 is 17.3 Å². The van der Waals surface area contributed by atoms with Gasteiger partial charge in [-0.2, -0.15) is 4.37 Å². The monoisotopic (exact) mass is 183 g/mol. The summed E-state index contributed by atoms with van der Waals surface area (Å²) in [7, 11) is 0. The Balaban J connectivity index is 2.38. The molecule has 1 N–H and O–H groups in total. The predicted octanol–water partition coefficient (Wildman–Crippen LogP) is 0.316. The number of nitrogens with one attached hydrogen (secondary N) is 1. The molecule has 0 saturated carbocycles. The topological polar surface area (TPSA) is 54.9 Å². The molecule has 1 fully saturated rings. The van der Waals surface area contributed by atoms with E-state index in [1.165, 1.54) is 17.9 Å². The first-order chi connectivity index (χ1) is 5.73. The van der Waals surface area contributed by atoms with Gasteiger partial charge in [-0.3, -0.25) is 10.1 Å². The molecule has 1 saturated heterocycles. The number of hydrogen-bond acceptors (Lipinski definition) is 5. The number of rotatable bonds is 1. The highest BCUT2D eigenvalue weighted by molar-refractivity contribution is 7.05. The second-order valence-electron chi connectivity index (χ2n) is 2.97. The molecule has 0 aliphatic carbocycles. The minimum absolute atomic E-state index is 0.208. The minimum Gasteiger partial charge on any atom is -0.299 e. The summed E-state index contributed by atoms with van der Waals surface area (Å²) in [5, 5.41) is 3.91. The standard InChI is InChI=1S/C7H9N3OS/c1-7(5(11)2-3-9-7)6-8-4-10-12-6/h4,9H,2-3H2,1H3. The van der Waals surface area contributed by atoms with Gasteiger partial charge in [-0.05, 0) is 18.5 Å². The van der Waals surface area contributed by atoms with Crippen LogP contribution in [0, 0.1) is 0 Å². The van der Waals surface area contributed by atoms with Crippen LogP contribution in [-0.4, -0.2) is 21.7 Å². The lowest BCUT2D eigenvalue weighted by Crippen LogP contribution is -2.38. The lowest BCUT2D eigenvalue weighted by molar-refractivity contribution is -0.122. The number of hydrogen-bond donors (Lipinski definition) is 1. The van der Waals surface area contributed by atoms with Gasteiger partial charge in [0.25, 0.3) is 0 Å². The number of carbonyl (C=O) groups excluding carboxylic acids is 1. The van der Waals surface area contributed by atoms with Crippen LogP contribution < -0.4 is 5.32 Å². The molecular formula is C7H9N3OS. The van der Waals surface area contributed by atoms with Crippen molar-refractivity contribution in [2.75, 3.05) is 6.54 Å².